The molecule has 1 aliphatic heterocycles. The largest absolute Gasteiger partial charge is 0.462 e. The molecule has 2 aromatic rings. The van der Waals surface area contributed by atoms with E-state index in [9.17, 15) is 19.7 Å². The highest BCUT2D eigenvalue weighted by Crippen LogP contribution is 2.32. The lowest BCUT2D eigenvalue weighted by Gasteiger charge is -2.24. The number of hydrogen-bond acceptors (Lipinski definition) is 6. The van der Waals surface area contributed by atoms with E-state index < -0.39 is 10.9 Å². The van der Waals surface area contributed by atoms with E-state index >= 15 is 0 Å². The molecular formula is C19H19N3O5. The Morgan fingerprint density at radius 1 is 1.30 bits per heavy atom. The SMILES string of the molecule is CCOC(=O)c1cc(C(=O)N2CCC[C@@H]2c2ccccn2)cc([N+](=O)[O-])c1. The lowest BCUT2D eigenvalue weighted by Crippen LogP contribution is -2.31. The molecule has 0 spiro atoms. The van der Waals surface area contributed by atoms with Gasteiger partial charge < -0.3 is 9.64 Å². The maximum Gasteiger partial charge on any atom is 0.338 e. The molecule has 1 aromatic heterocycles. The molecule has 1 aliphatic rings. The highest BCUT2D eigenvalue weighted by atomic mass is 16.6. The third kappa shape index (κ3) is 3.94. The van der Waals surface area contributed by atoms with Crippen LogP contribution >= 0.6 is 0 Å². The zero-order valence-corrected chi connectivity index (χ0v) is 14.8. The van der Waals surface area contributed by atoms with Crippen molar-refractivity contribution in [3.63, 3.8) is 0 Å². The molecule has 1 aromatic carbocycles. The van der Waals surface area contributed by atoms with Crippen LogP contribution in [0.4, 0.5) is 5.69 Å². The van der Waals surface area contributed by atoms with Gasteiger partial charge in [0, 0.05) is 30.4 Å². The molecule has 140 valence electrons. The van der Waals surface area contributed by atoms with E-state index in [1.807, 2.05) is 12.1 Å². The Bertz CT molecular complexity index is 869. The van der Waals surface area contributed by atoms with E-state index in [1.165, 1.54) is 12.1 Å². The molecule has 1 amide bonds. The van der Waals surface area contributed by atoms with Crippen LogP contribution in [0, 0.1) is 10.1 Å². The van der Waals surface area contributed by atoms with Crippen LogP contribution < -0.4 is 0 Å². The van der Waals surface area contributed by atoms with Gasteiger partial charge in [-0.15, -0.1) is 0 Å². The van der Waals surface area contributed by atoms with Crippen molar-refractivity contribution >= 4 is 17.6 Å². The number of nitro benzene ring substituents is 1. The Morgan fingerprint density at radius 3 is 2.74 bits per heavy atom. The van der Waals surface area contributed by atoms with E-state index in [2.05, 4.69) is 4.98 Å². The fourth-order valence-corrected chi connectivity index (χ4v) is 3.23. The van der Waals surface area contributed by atoms with Crippen molar-refractivity contribution in [2.24, 2.45) is 0 Å². The Balaban J connectivity index is 1.95. The van der Waals surface area contributed by atoms with Crippen molar-refractivity contribution in [1.82, 2.24) is 9.88 Å². The number of aromatic nitrogens is 1. The zero-order chi connectivity index (χ0) is 19.4. The number of nitro groups is 1. The summed E-state index contributed by atoms with van der Waals surface area (Å²) in [6.07, 6.45) is 3.25. The number of amides is 1. The van der Waals surface area contributed by atoms with E-state index in [4.69, 9.17) is 4.74 Å². The molecular weight excluding hydrogens is 350 g/mol. The van der Waals surface area contributed by atoms with Gasteiger partial charge in [0.2, 0.25) is 0 Å². The number of ether oxygens (including phenoxy) is 1. The topological polar surface area (TPSA) is 103 Å². The van der Waals surface area contributed by atoms with Gasteiger partial charge >= 0.3 is 5.97 Å². The second-order valence-corrected chi connectivity index (χ2v) is 6.16. The Hall–Kier alpha value is -3.29. The number of esters is 1. The summed E-state index contributed by atoms with van der Waals surface area (Å²) in [6, 6.07) is 8.98. The van der Waals surface area contributed by atoms with Gasteiger partial charge in [-0.1, -0.05) is 6.07 Å². The molecule has 8 heteroatoms. The lowest BCUT2D eigenvalue weighted by atomic mass is 10.1. The van der Waals surface area contributed by atoms with Gasteiger partial charge in [0.05, 0.1) is 28.8 Å². The van der Waals surface area contributed by atoms with Gasteiger partial charge in [-0.25, -0.2) is 4.79 Å². The summed E-state index contributed by atoms with van der Waals surface area (Å²) in [4.78, 5) is 41.7. The number of non-ortho nitro benzene ring substituents is 1. The number of carbonyl (C=O) groups is 2. The van der Waals surface area contributed by atoms with Gasteiger partial charge in [-0.05, 0) is 38.0 Å². The predicted molar refractivity (Wildman–Crippen MR) is 96.3 cm³/mol. The Kier molecular flexibility index (Phi) is 5.44. The normalized spacial score (nSPS) is 16.2. The van der Waals surface area contributed by atoms with E-state index in [-0.39, 0.29) is 35.4 Å². The Labute approximate surface area is 155 Å². The number of benzene rings is 1. The first-order valence-corrected chi connectivity index (χ1v) is 8.69. The molecule has 0 aliphatic carbocycles. The average Bonchev–Trinajstić information content (AvgIpc) is 3.17. The second kappa shape index (κ2) is 7.94. The van der Waals surface area contributed by atoms with E-state index in [0.29, 0.717) is 6.54 Å². The first-order valence-electron chi connectivity index (χ1n) is 8.69. The van der Waals surface area contributed by atoms with Gasteiger partial charge in [-0.3, -0.25) is 19.9 Å². The van der Waals surface area contributed by atoms with Crippen LogP contribution in [0.15, 0.2) is 42.6 Å². The summed E-state index contributed by atoms with van der Waals surface area (Å²) in [7, 11) is 0. The minimum atomic E-state index is -0.696. The van der Waals surface area contributed by atoms with Crippen molar-refractivity contribution in [2.75, 3.05) is 13.2 Å². The van der Waals surface area contributed by atoms with E-state index in [1.54, 1.807) is 24.1 Å². The summed E-state index contributed by atoms with van der Waals surface area (Å²) >= 11 is 0. The van der Waals surface area contributed by atoms with Gasteiger partial charge in [0.25, 0.3) is 11.6 Å². The van der Waals surface area contributed by atoms with Crippen LogP contribution in [0.5, 0.6) is 0 Å². The number of hydrogen-bond donors (Lipinski definition) is 0. The highest BCUT2D eigenvalue weighted by Gasteiger charge is 2.32. The molecule has 3 rings (SSSR count). The summed E-state index contributed by atoms with van der Waals surface area (Å²) in [5.41, 5.74) is 0.537. The fourth-order valence-electron chi connectivity index (χ4n) is 3.23. The molecule has 1 saturated heterocycles. The number of nitrogens with zero attached hydrogens (tertiary/aromatic N) is 3. The number of likely N-dealkylation sites (tertiary alicyclic amines) is 1. The molecule has 0 radical (unpaired) electrons. The van der Waals surface area contributed by atoms with Crippen molar-refractivity contribution in [2.45, 2.75) is 25.8 Å². The van der Waals surface area contributed by atoms with Crippen molar-refractivity contribution < 1.29 is 19.2 Å². The number of pyridine rings is 1. The number of rotatable bonds is 5. The molecule has 0 bridgehead atoms. The quantitative estimate of drug-likeness (QED) is 0.456. The first kappa shape index (κ1) is 18.5. The fraction of sp³-hybridized carbons (Fsp3) is 0.316. The van der Waals surface area contributed by atoms with Crippen LogP contribution in [0.25, 0.3) is 0 Å². The van der Waals surface area contributed by atoms with Crippen LogP contribution in [0.2, 0.25) is 0 Å². The third-order valence-electron chi connectivity index (χ3n) is 4.43. The standard InChI is InChI=1S/C19H19N3O5/c1-2-27-19(24)14-10-13(11-15(12-14)22(25)26)18(23)21-9-5-7-17(21)16-6-3-4-8-20-16/h3-4,6,8,10-12,17H,2,5,7,9H2,1H3/t17-/m1/s1. The monoisotopic (exact) mass is 369 g/mol. The predicted octanol–water partition coefficient (Wildman–Crippen LogP) is 3.14. The van der Waals surface area contributed by atoms with Crippen molar-refractivity contribution in [3.8, 4) is 0 Å². The maximum absolute atomic E-state index is 13.1. The van der Waals surface area contributed by atoms with Gasteiger partial charge in [0.1, 0.15) is 0 Å². The highest BCUT2D eigenvalue weighted by molar-refractivity contribution is 5.99. The number of carbonyl (C=O) groups excluding carboxylic acids is 2. The molecule has 1 fully saturated rings. The van der Waals surface area contributed by atoms with Crippen LogP contribution in [0.1, 0.15) is 52.2 Å². The molecule has 0 unspecified atom stereocenters. The van der Waals surface area contributed by atoms with E-state index in [0.717, 1.165) is 24.6 Å². The van der Waals surface area contributed by atoms with Crippen molar-refractivity contribution in [1.29, 1.82) is 0 Å². The second-order valence-electron chi connectivity index (χ2n) is 6.16. The third-order valence-corrected chi connectivity index (χ3v) is 4.43. The van der Waals surface area contributed by atoms with Crippen molar-refractivity contribution in [3.05, 3.63) is 69.5 Å². The summed E-state index contributed by atoms with van der Waals surface area (Å²) in [6.45, 7) is 2.30. The summed E-state index contributed by atoms with van der Waals surface area (Å²) < 4.78 is 4.92. The average molecular weight is 369 g/mol. The first-order chi connectivity index (χ1) is 13.0. The minimum Gasteiger partial charge on any atom is -0.462 e. The van der Waals surface area contributed by atoms with Crippen LogP contribution in [-0.4, -0.2) is 39.8 Å². The zero-order valence-electron chi connectivity index (χ0n) is 14.8. The van der Waals surface area contributed by atoms with Gasteiger partial charge in [-0.2, -0.15) is 0 Å². The molecule has 27 heavy (non-hydrogen) atoms. The molecule has 1 atom stereocenters. The van der Waals surface area contributed by atoms with Gasteiger partial charge in [0.15, 0.2) is 0 Å². The lowest BCUT2D eigenvalue weighted by molar-refractivity contribution is -0.384. The maximum atomic E-state index is 13.1. The molecule has 8 nitrogen and oxygen atoms in total. The smallest absolute Gasteiger partial charge is 0.338 e. The molecule has 0 saturated carbocycles. The van der Waals surface area contributed by atoms with Crippen LogP contribution in [-0.2, 0) is 4.74 Å². The minimum absolute atomic E-state index is 0.0111. The summed E-state index contributed by atoms with van der Waals surface area (Å²) in [5, 5.41) is 11.2. The molecule has 2 heterocycles. The van der Waals surface area contributed by atoms with Crippen LogP contribution in [0.3, 0.4) is 0 Å². The molecule has 0 N–H and O–H groups in total. The Morgan fingerprint density at radius 2 is 2.07 bits per heavy atom. The summed E-state index contributed by atoms with van der Waals surface area (Å²) in [5.74, 6) is -1.06.